The Morgan fingerprint density at radius 1 is 1.37 bits per heavy atom. The number of nitrogens with zero attached hydrogens (tertiary/aromatic N) is 2. The van der Waals surface area contributed by atoms with Gasteiger partial charge in [-0.25, -0.2) is 4.98 Å². The topological polar surface area (TPSA) is 59.2 Å². The van der Waals surface area contributed by atoms with Crippen LogP contribution in [0.1, 0.15) is 16.1 Å². The van der Waals surface area contributed by atoms with Crippen LogP contribution in [0.3, 0.4) is 0 Å². The summed E-state index contributed by atoms with van der Waals surface area (Å²) >= 11 is 5.91. The van der Waals surface area contributed by atoms with E-state index in [2.05, 4.69) is 4.98 Å². The molecule has 2 N–H and O–H groups in total. The second kappa shape index (κ2) is 5.71. The molecule has 0 spiro atoms. The van der Waals surface area contributed by atoms with E-state index in [1.165, 1.54) is 0 Å². The van der Waals surface area contributed by atoms with Gasteiger partial charge < -0.3 is 10.6 Å². The number of pyridine rings is 1. The maximum absolute atomic E-state index is 12.2. The summed E-state index contributed by atoms with van der Waals surface area (Å²) in [4.78, 5) is 17.8. The van der Waals surface area contributed by atoms with Crippen molar-refractivity contribution in [3.8, 4) is 0 Å². The van der Waals surface area contributed by atoms with Gasteiger partial charge in [-0.3, -0.25) is 4.79 Å². The highest BCUT2D eigenvalue weighted by Crippen LogP contribution is 2.15. The predicted octanol–water partition coefficient (Wildman–Crippen LogP) is 2.59. The average molecular weight is 276 g/mol. The van der Waals surface area contributed by atoms with Crippen LogP contribution in [0.15, 0.2) is 42.6 Å². The molecular weight excluding hydrogens is 262 g/mol. The molecule has 4 nitrogen and oxygen atoms in total. The fourth-order valence-corrected chi connectivity index (χ4v) is 1.97. The number of hydrogen-bond donors (Lipinski definition) is 1. The Balaban J connectivity index is 2.14. The lowest BCUT2D eigenvalue weighted by Crippen LogP contribution is -2.27. The number of rotatable bonds is 3. The Hall–Kier alpha value is -2.07. The zero-order chi connectivity index (χ0) is 13.8. The van der Waals surface area contributed by atoms with Crippen molar-refractivity contribution >= 4 is 23.2 Å². The van der Waals surface area contributed by atoms with E-state index in [-0.39, 0.29) is 11.6 Å². The number of nitrogen functional groups attached to an aromatic ring is 1. The van der Waals surface area contributed by atoms with Crippen molar-refractivity contribution in [2.24, 2.45) is 0 Å². The van der Waals surface area contributed by atoms with Crippen molar-refractivity contribution in [1.29, 1.82) is 0 Å². The largest absolute Gasteiger partial charge is 0.397 e. The summed E-state index contributed by atoms with van der Waals surface area (Å²) in [5.74, 6) is -0.210. The standard InChI is InChI=1S/C14H14ClN3O/c1-18(9-10-4-2-5-11(15)8-10)14(19)13-12(16)6-3-7-17-13/h2-8H,9,16H2,1H3. The van der Waals surface area contributed by atoms with Crippen LogP contribution in [0.2, 0.25) is 5.02 Å². The van der Waals surface area contributed by atoms with Gasteiger partial charge in [0.05, 0.1) is 5.69 Å². The number of aromatic nitrogens is 1. The van der Waals surface area contributed by atoms with Gasteiger partial charge in [-0.1, -0.05) is 23.7 Å². The monoisotopic (exact) mass is 275 g/mol. The summed E-state index contributed by atoms with van der Waals surface area (Å²) in [5, 5.41) is 0.649. The molecule has 0 bridgehead atoms. The highest BCUT2D eigenvalue weighted by atomic mass is 35.5. The van der Waals surface area contributed by atoms with Crippen molar-refractivity contribution in [2.45, 2.75) is 6.54 Å². The van der Waals surface area contributed by atoms with Crippen LogP contribution in [0, 0.1) is 0 Å². The van der Waals surface area contributed by atoms with E-state index in [9.17, 15) is 4.79 Å². The average Bonchev–Trinajstić information content (AvgIpc) is 2.38. The molecule has 5 heteroatoms. The molecule has 1 amide bonds. The molecule has 2 rings (SSSR count). The van der Waals surface area contributed by atoms with Crippen LogP contribution < -0.4 is 5.73 Å². The smallest absolute Gasteiger partial charge is 0.274 e. The molecule has 1 heterocycles. The van der Waals surface area contributed by atoms with Gasteiger partial charge in [0.25, 0.3) is 5.91 Å². The molecule has 0 radical (unpaired) electrons. The summed E-state index contributed by atoms with van der Waals surface area (Å²) in [6.45, 7) is 0.454. The molecule has 0 saturated carbocycles. The fraction of sp³-hybridized carbons (Fsp3) is 0.143. The molecule has 19 heavy (non-hydrogen) atoms. The summed E-state index contributed by atoms with van der Waals surface area (Å²) < 4.78 is 0. The van der Waals surface area contributed by atoms with Gasteiger partial charge in [-0.15, -0.1) is 0 Å². The van der Waals surface area contributed by atoms with Crippen LogP contribution in [-0.2, 0) is 6.54 Å². The van der Waals surface area contributed by atoms with Crippen LogP contribution in [0.4, 0.5) is 5.69 Å². The third-order valence-electron chi connectivity index (χ3n) is 2.70. The Kier molecular flexibility index (Phi) is 4.02. The lowest BCUT2D eigenvalue weighted by molar-refractivity contribution is 0.0780. The Morgan fingerprint density at radius 3 is 2.84 bits per heavy atom. The molecule has 2 aromatic rings. The van der Waals surface area contributed by atoms with Gasteiger partial charge in [0.1, 0.15) is 0 Å². The molecule has 0 aliphatic heterocycles. The molecule has 0 fully saturated rings. The number of nitrogens with two attached hydrogens (primary N) is 1. The van der Waals surface area contributed by atoms with Crippen molar-refractivity contribution in [3.05, 3.63) is 58.9 Å². The first kappa shape index (κ1) is 13.4. The predicted molar refractivity (Wildman–Crippen MR) is 75.9 cm³/mol. The number of carbonyl (C=O) groups excluding carboxylic acids is 1. The van der Waals surface area contributed by atoms with Crippen LogP contribution in [-0.4, -0.2) is 22.8 Å². The van der Waals surface area contributed by atoms with E-state index in [1.54, 1.807) is 36.3 Å². The highest BCUT2D eigenvalue weighted by Gasteiger charge is 2.15. The number of hydrogen-bond acceptors (Lipinski definition) is 3. The minimum Gasteiger partial charge on any atom is -0.397 e. The zero-order valence-corrected chi connectivity index (χ0v) is 11.3. The van der Waals surface area contributed by atoms with Gasteiger partial charge in [0, 0.05) is 24.8 Å². The third-order valence-corrected chi connectivity index (χ3v) is 2.93. The van der Waals surface area contributed by atoms with Crippen molar-refractivity contribution in [1.82, 2.24) is 9.88 Å². The van der Waals surface area contributed by atoms with Gasteiger partial charge >= 0.3 is 0 Å². The van der Waals surface area contributed by atoms with E-state index in [0.717, 1.165) is 5.56 Å². The molecule has 0 atom stereocenters. The number of carbonyl (C=O) groups is 1. The van der Waals surface area contributed by atoms with E-state index in [1.807, 2.05) is 18.2 Å². The van der Waals surface area contributed by atoms with Gasteiger partial charge in [0.15, 0.2) is 5.69 Å². The minimum atomic E-state index is -0.210. The summed E-state index contributed by atoms with van der Waals surface area (Å²) in [6.07, 6.45) is 1.55. The molecular formula is C14H14ClN3O. The molecule has 0 aliphatic carbocycles. The zero-order valence-electron chi connectivity index (χ0n) is 10.5. The molecule has 0 unspecified atom stereocenters. The van der Waals surface area contributed by atoms with Crippen LogP contribution >= 0.6 is 11.6 Å². The summed E-state index contributed by atoms with van der Waals surface area (Å²) in [6, 6.07) is 10.7. The van der Waals surface area contributed by atoms with E-state index in [4.69, 9.17) is 17.3 Å². The SMILES string of the molecule is CN(Cc1cccc(Cl)c1)C(=O)c1ncccc1N. The first-order valence-electron chi connectivity index (χ1n) is 5.78. The van der Waals surface area contributed by atoms with E-state index in [0.29, 0.717) is 17.3 Å². The first-order valence-corrected chi connectivity index (χ1v) is 6.16. The van der Waals surface area contributed by atoms with Gasteiger partial charge in [0.2, 0.25) is 0 Å². The molecule has 98 valence electrons. The first-order chi connectivity index (χ1) is 9.08. The van der Waals surface area contributed by atoms with Crippen molar-refractivity contribution in [2.75, 3.05) is 12.8 Å². The number of amides is 1. The normalized spacial score (nSPS) is 10.2. The molecule has 1 aromatic heterocycles. The fourth-order valence-electron chi connectivity index (χ4n) is 1.76. The highest BCUT2D eigenvalue weighted by molar-refractivity contribution is 6.30. The van der Waals surface area contributed by atoms with Gasteiger partial charge in [-0.2, -0.15) is 0 Å². The summed E-state index contributed by atoms with van der Waals surface area (Å²) in [7, 11) is 1.71. The Bertz CT molecular complexity index is 601. The summed E-state index contributed by atoms with van der Waals surface area (Å²) in [5.41, 5.74) is 7.35. The maximum atomic E-state index is 12.2. The Morgan fingerprint density at radius 2 is 2.16 bits per heavy atom. The second-order valence-electron chi connectivity index (χ2n) is 4.23. The Labute approximate surface area is 116 Å². The molecule has 1 aromatic carbocycles. The number of anilines is 1. The quantitative estimate of drug-likeness (QED) is 0.937. The van der Waals surface area contributed by atoms with E-state index >= 15 is 0 Å². The second-order valence-corrected chi connectivity index (χ2v) is 4.67. The van der Waals surface area contributed by atoms with Crippen molar-refractivity contribution < 1.29 is 4.79 Å². The number of benzene rings is 1. The van der Waals surface area contributed by atoms with Crippen molar-refractivity contribution in [3.63, 3.8) is 0 Å². The van der Waals surface area contributed by atoms with Crippen LogP contribution in [0.25, 0.3) is 0 Å². The number of halogens is 1. The maximum Gasteiger partial charge on any atom is 0.274 e. The minimum absolute atomic E-state index is 0.210. The van der Waals surface area contributed by atoms with Crippen LogP contribution in [0.5, 0.6) is 0 Å². The molecule has 0 saturated heterocycles. The van der Waals surface area contributed by atoms with E-state index < -0.39 is 0 Å². The van der Waals surface area contributed by atoms with Gasteiger partial charge in [-0.05, 0) is 29.8 Å². The lowest BCUT2D eigenvalue weighted by atomic mass is 10.2. The lowest BCUT2D eigenvalue weighted by Gasteiger charge is -2.17. The molecule has 0 aliphatic rings. The third kappa shape index (κ3) is 3.23.